The highest BCUT2D eigenvalue weighted by Gasteiger charge is 2.25. The van der Waals surface area contributed by atoms with Crippen LogP contribution in [0.1, 0.15) is 45.0 Å². The monoisotopic (exact) mass is 277 g/mol. The zero-order chi connectivity index (χ0) is 15.0. The van der Waals surface area contributed by atoms with Crippen molar-refractivity contribution in [3.8, 4) is 0 Å². The molecular formula is C17H31N3. The summed E-state index contributed by atoms with van der Waals surface area (Å²) in [6.07, 6.45) is 2.49. The predicted molar refractivity (Wildman–Crippen MR) is 86.9 cm³/mol. The van der Waals surface area contributed by atoms with Crippen molar-refractivity contribution in [2.24, 2.45) is 5.41 Å². The average Bonchev–Trinajstić information content (AvgIpc) is 2.38. The molecule has 0 fully saturated rings. The number of aromatic nitrogens is 1. The summed E-state index contributed by atoms with van der Waals surface area (Å²) in [5.41, 5.74) is 2.61. The van der Waals surface area contributed by atoms with E-state index < -0.39 is 0 Å². The molecule has 1 atom stereocenters. The Morgan fingerprint density at radius 1 is 1.30 bits per heavy atom. The first-order chi connectivity index (χ1) is 9.53. The molecule has 0 saturated heterocycles. The van der Waals surface area contributed by atoms with Crippen LogP contribution in [0.25, 0.3) is 0 Å². The van der Waals surface area contributed by atoms with Gasteiger partial charge in [-0.15, -0.1) is 0 Å². The minimum absolute atomic E-state index is 0.337. The van der Waals surface area contributed by atoms with Crippen molar-refractivity contribution < 1.29 is 0 Å². The molecule has 1 N–H and O–H groups in total. The van der Waals surface area contributed by atoms with Crippen molar-refractivity contribution in [3.05, 3.63) is 29.6 Å². The second kappa shape index (κ2) is 8.38. The highest BCUT2D eigenvalue weighted by atomic mass is 15.1. The van der Waals surface area contributed by atoms with Gasteiger partial charge in [-0.25, -0.2) is 0 Å². The number of hydrogen-bond donors (Lipinski definition) is 1. The molecule has 0 aliphatic carbocycles. The maximum atomic E-state index is 4.63. The Labute approximate surface area is 124 Å². The first-order valence-electron chi connectivity index (χ1n) is 7.82. The molecule has 1 unspecified atom stereocenters. The Hall–Kier alpha value is -0.930. The van der Waals surface area contributed by atoms with Crippen molar-refractivity contribution in [1.82, 2.24) is 15.2 Å². The molecule has 20 heavy (non-hydrogen) atoms. The minimum atomic E-state index is 0.337. The highest BCUT2D eigenvalue weighted by molar-refractivity contribution is 5.09. The van der Waals surface area contributed by atoms with Gasteiger partial charge in [-0.3, -0.25) is 9.88 Å². The van der Waals surface area contributed by atoms with Crippen LogP contribution in [-0.4, -0.2) is 36.6 Å². The van der Waals surface area contributed by atoms with Gasteiger partial charge in [-0.2, -0.15) is 0 Å². The Balaban J connectivity index is 2.69. The van der Waals surface area contributed by atoms with Gasteiger partial charge >= 0.3 is 0 Å². The first-order valence-corrected chi connectivity index (χ1v) is 7.82. The lowest BCUT2D eigenvalue weighted by molar-refractivity contribution is 0.150. The molecule has 1 aromatic heterocycles. The largest absolute Gasteiger partial charge is 0.319 e. The van der Waals surface area contributed by atoms with Crippen molar-refractivity contribution >= 4 is 0 Å². The van der Waals surface area contributed by atoms with E-state index in [1.54, 1.807) is 0 Å². The molecule has 1 heterocycles. The molecule has 0 aliphatic heterocycles. The second-order valence-electron chi connectivity index (χ2n) is 6.16. The van der Waals surface area contributed by atoms with E-state index in [0.29, 0.717) is 5.41 Å². The van der Waals surface area contributed by atoms with Crippen LogP contribution in [0.4, 0.5) is 0 Å². The van der Waals surface area contributed by atoms with E-state index in [-0.39, 0.29) is 0 Å². The molecule has 0 aliphatic rings. The van der Waals surface area contributed by atoms with Gasteiger partial charge in [-0.05, 0) is 44.5 Å². The fraction of sp³-hybridized carbons (Fsp3) is 0.706. The zero-order valence-corrected chi connectivity index (χ0v) is 13.9. The zero-order valence-electron chi connectivity index (χ0n) is 13.9. The van der Waals surface area contributed by atoms with Crippen LogP contribution in [0.3, 0.4) is 0 Å². The minimum Gasteiger partial charge on any atom is -0.319 e. The summed E-state index contributed by atoms with van der Waals surface area (Å²) >= 11 is 0. The molecular weight excluding hydrogens is 246 g/mol. The molecule has 0 aromatic carbocycles. The molecule has 1 aromatic rings. The van der Waals surface area contributed by atoms with Gasteiger partial charge in [0.2, 0.25) is 0 Å². The molecule has 0 bridgehead atoms. The van der Waals surface area contributed by atoms with Crippen LogP contribution in [0.15, 0.2) is 18.2 Å². The first kappa shape index (κ1) is 17.1. The molecule has 0 saturated carbocycles. The molecule has 3 nitrogen and oxygen atoms in total. The third-order valence-corrected chi connectivity index (χ3v) is 3.84. The summed E-state index contributed by atoms with van der Waals surface area (Å²) in [7, 11) is 2.05. The Bertz CT molecular complexity index is 384. The van der Waals surface area contributed by atoms with Crippen molar-refractivity contribution in [3.63, 3.8) is 0 Å². The Morgan fingerprint density at radius 2 is 2.05 bits per heavy atom. The second-order valence-corrected chi connectivity index (χ2v) is 6.16. The van der Waals surface area contributed by atoms with Gasteiger partial charge in [0.1, 0.15) is 0 Å². The maximum Gasteiger partial charge on any atom is 0.0547 e. The Kier molecular flexibility index (Phi) is 7.17. The Morgan fingerprint density at radius 3 is 2.60 bits per heavy atom. The lowest BCUT2D eigenvalue weighted by atomic mass is 9.84. The van der Waals surface area contributed by atoms with E-state index in [1.807, 2.05) is 7.05 Å². The standard InChI is InChI=1S/C17H31N3/c1-6-11-17(4,13-18-5)14-20(7-2)12-16-10-8-9-15(3)19-16/h8-10,18H,6-7,11-14H2,1-5H3. The van der Waals surface area contributed by atoms with E-state index >= 15 is 0 Å². The van der Waals surface area contributed by atoms with E-state index in [4.69, 9.17) is 0 Å². The lowest BCUT2D eigenvalue weighted by Gasteiger charge is -2.35. The normalized spacial score (nSPS) is 14.5. The predicted octanol–water partition coefficient (Wildman–Crippen LogP) is 3.24. The highest BCUT2D eigenvalue weighted by Crippen LogP contribution is 2.24. The molecule has 0 spiro atoms. The molecule has 0 amide bonds. The van der Waals surface area contributed by atoms with Crippen LogP contribution in [0, 0.1) is 12.3 Å². The number of rotatable bonds is 9. The third-order valence-electron chi connectivity index (χ3n) is 3.84. The molecule has 1 rings (SSSR count). The quantitative estimate of drug-likeness (QED) is 0.751. The van der Waals surface area contributed by atoms with Crippen LogP contribution < -0.4 is 5.32 Å². The van der Waals surface area contributed by atoms with E-state index in [0.717, 1.165) is 31.9 Å². The van der Waals surface area contributed by atoms with Crippen LogP contribution >= 0.6 is 0 Å². The number of nitrogens with zero attached hydrogens (tertiary/aromatic N) is 2. The summed E-state index contributed by atoms with van der Waals surface area (Å²) in [5, 5.41) is 3.35. The molecule has 114 valence electrons. The number of pyridine rings is 1. The number of hydrogen-bond acceptors (Lipinski definition) is 3. The maximum absolute atomic E-state index is 4.63. The SMILES string of the molecule is CCCC(C)(CNC)CN(CC)Cc1cccc(C)n1. The average molecular weight is 277 g/mol. The third kappa shape index (κ3) is 5.59. The van der Waals surface area contributed by atoms with Gasteiger partial charge in [-0.1, -0.05) is 33.3 Å². The topological polar surface area (TPSA) is 28.2 Å². The summed E-state index contributed by atoms with van der Waals surface area (Å²) in [4.78, 5) is 7.13. The molecule has 0 radical (unpaired) electrons. The van der Waals surface area contributed by atoms with Gasteiger partial charge in [0.05, 0.1) is 5.69 Å². The van der Waals surface area contributed by atoms with Crippen molar-refractivity contribution in [2.45, 2.75) is 47.1 Å². The van der Waals surface area contributed by atoms with Crippen LogP contribution in [0.5, 0.6) is 0 Å². The summed E-state index contributed by atoms with van der Waals surface area (Å²) in [6.45, 7) is 13.2. The number of aryl methyl sites for hydroxylation is 1. The van der Waals surface area contributed by atoms with E-state index in [9.17, 15) is 0 Å². The van der Waals surface area contributed by atoms with Crippen molar-refractivity contribution in [2.75, 3.05) is 26.7 Å². The fourth-order valence-electron chi connectivity index (χ4n) is 2.99. The number of nitrogens with one attached hydrogen (secondary N) is 1. The molecule has 3 heteroatoms. The van der Waals surface area contributed by atoms with Crippen molar-refractivity contribution in [1.29, 1.82) is 0 Å². The van der Waals surface area contributed by atoms with E-state index in [1.165, 1.54) is 18.5 Å². The summed E-state index contributed by atoms with van der Waals surface area (Å²) in [6, 6.07) is 6.29. The van der Waals surface area contributed by atoms with Gasteiger partial charge in [0.15, 0.2) is 0 Å². The van der Waals surface area contributed by atoms with Gasteiger partial charge in [0, 0.05) is 25.3 Å². The van der Waals surface area contributed by atoms with Gasteiger partial charge < -0.3 is 5.32 Å². The van der Waals surface area contributed by atoms with Crippen LogP contribution in [-0.2, 0) is 6.54 Å². The van der Waals surface area contributed by atoms with Gasteiger partial charge in [0.25, 0.3) is 0 Å². The smallest absolute Gasteiger partial charge is 0.0547 e. The lowest BCUT2D eigenvalue weighted by Crippen LogP contribution is -2.41. The van der Waals surface area contributed by atoms with E-state index in [2.05, 4.69) is 61.1 Å². The summed E-state index contributed by atoms with van der Waals surface area (Å²) < 4.78 is 0. The van der Waals surface area contributed by atoms with Crippen LogP contribution in [0.2, 0.25) is 0 Å². The fourth-order valence-corrected chi connectivity index (χ4v) is 2.99. The summed E-state index contributed by atoms with van der Waals surface area (Å²) in [5.74, 6) is 0.